The van der Waals surface area contributed by atoms with Crippen molar-refractivity contribution in [3.8, 4) is 0 Å². The van der Waals surface area contributed by atoms with Crippen molar-refractivity contribution in [3.05, 3.63) is 24.3 Å². The van der Waals surface area contributed by atoms with Crippen LogP contribution < -0.4 is 5.32 Å². The van der Waals surface area contributed by atoms with Gasteiger partial charge >= 0.3 is 6.03 Å². The van der Waals surface area contributed by atoms with E-state index < -0.39 is 25.1 Å². The van der Waals surface area contributed by atoms with Gasteiger partial charge in [-0.3, -0.25) is 0 Å². The lowest BCUT2D eigenvalue weighted by molar-refractivity contribution is 0.184. The molecule has 1 atom stereocenters. The van der Waals surface area contributed by atoms with Crippen LogP contribution in [0.25, 0.3) is 0 Å². The monoisotopic (exact) mass is 433 g/mol. The fourth-order valence-corrected chi connectivity index (χ4v) is 8.23. The van der Waals surface area contributed by atoms with Crippen molar-refractivity contribution in [3.63, 3.8) is 0 Å². The number of sulfone groups is 1. The van der Waals surface area contributed by atoms with Gasteiger partial charge in [-0.1, -0.05) is 6.07 Å². The first-order valence-corrected chi connectivity index (χ1v) is 13.2. The average molecular weight is 434 g/mol. The lowest BCUT2D eigenvalue weighted by Crippen LogP contribution is -2.53. The minimum atomic E-state index is -3.66. The molecule has 0 aliphatic carbocycles. The number of piperazine rings is 1. The van der Waals surface area contributed by atoms with E-state index >= 15 is 0 Å². The zero-order valence-corrected chi connectivity index (χ0v) is 17.4. The Balaban J connectivity index is 1.57. The van der Waals surface area contributed by atoms with Gasteiger partial charge in [-0.2, -0.15) is 4.31 Å². The third-order valence-corrected chi connectivity index (χ3v) is 9.85. The number of carbonyl (C=O) groups excluding carboxylic acids is 1. The average Bonchev–Trinajstić information content (AvgIpc) is 3.02. The van der Waals surface area contributed by atoms with Gasteiger partial charge in [0.1, 0.15) is 0 Å². The van der Waals surface area contributed by atoms with Gasteiger partial charge in [-0.25, -0.2) is 21.6 Å². The molecule has 0 bridgehead atoms. The predicted molar refractivity (Wildman–Crippen MR) is 106 cm³/mol. The highest BCUT2D eigenvalue weighted by Crippen LogP contribution is 2.23. The van der Waals surface area contributed by atoms with Crippen molar-refractivity contribution < 1.29 is 21.6 Å². The number of rotatable bonds is 4. The zero-order valence-electron chi connectivity index (χ0n) is 15.0. The molecule has 2 saturated heterocycles. The van der Waals surface area contributed by atoms with Crippen molar-refractivity contribution in [1.82, 2.24) is 9.21 Å². The van der Waals surface area contributed by atoms with E-state index in [9.17, 15) is 21.6 Å². The molecule has 2 aliphatic rings. The topological polar surface area (TPSA) is 104 Å². The molecule has 1 N–H and O–H groups in total. The molecule has 8 nitrogen and oxygen atoms in total. The second kappa shape index (κ2) is 7.98. The van der Waals surface area contributed by atoms with E-state index in [1.165, 1.54) is 4.31 Å². The molecule has 0 saturated carbocycles. The summed E-state index contributed by atoms with van der Waals surface area (Å²) >= 11 is 1.58. The molecule has 2 heterocycles. The summed E-state index contributed by atoms with van der Waals surface area (Å²) in [7, 11) is -6.92. The molecular weight excluding hydrogens is 410 g/mol. The van der Waals surface area contributed by atoms with E-state index in [4.69, 9.17) is 0 Å². The fraction of sp³-hybridized carbons (Fsp3) is 0.562. The summed E-state index contributed by atoms with van der Waals surface area (Å²) < 4.78 is 49.8. The summed E-state index contributed by atoms with van der Waals surface area (Å²) in [6.07, 6.45) is 2.10. The van der Waals surface area contributed by atoms with Crippen molar-refractivity contribution in [2.75, 3.05) is 49.3 Å². The van der Waals surface area contributed by atoms with Gasteiger partial charge in [0, 0.05) is 36.8 Å². The van der Waals surface area contributed by atoms with Crippen LogP contribution in [0.1, 0.15) is 6.42 Å². The first-order valence-electron chi connectivity index (χ1n) is 8.61. The van der Waals surface area contributed by atoms with E-state index in [-0.39, 0.29) is 50.1 Å². The molecule has 150 valence electrons. The first kappa shape index (κ1) is 20.4. The molecule has 27 heavy (non-hydrogen) atoms. The zero-order chi connectivity index (χ0) is 19.7. The summed E-state index contributed by atoms with van der Waals surface area (Å²) in [5, 5.41) is 1.97. The molecule has 3 rings (SSSR count). The molecule has 1 aromatic rings. The highest BCUT2D eigenvalue weighted by molar-refractivity contribution is 7.98. The number of anilines is 1. The van der Waals surface area contributed by atoms with E-state index in [1.807, 2.05) is 24.5 Å². The Morgan fingerprint density at radius 2 is 1.93 bits per heavy atom. The molecule has 0 radical (unpaired) electrons. The van der Waals surface area contributed by atoms with E-state index in [2.05, 4.69) is 5.32 Å². The standard InChI is InChI=1S/C16H23N3O5S3/c1-25-14-4-2-3-13(11-14)17-16(20)18-6-8-19(9-7-18)27(23,24)15-5-10-26(21,22)12-15/h2-4,11,15H,5-10,12H2,1H3,(H,17,20)/t15-/m1/s1. The maximum atomic E-state index is 12.7. The number of nitrogens with one attached hydrogen (secondary N) is 1. The highest BCUT2D eigenvalue weighted by atomic mass is 32.2. The molecule has 0 spiro atoms. The summed E-state index contributed by atoms with van der Waals surface area (Å²) in [4.78, 5) is 15.0. The molecular formula is C16H23N3O5S3. The number of amides is 2. The second-order valence-electron chi connectivity index (χ2n) is 6.62. The first-order chi connectivity index (χ1) is 12.7. The van der Waals surface area contributed by atoms with Crippen LogP contribution >= 0.6 is 11.8 Å². The van der Waals surface area contributed by atoms with Crippen molar-refractivity contribution >= 4 is 43.3 Å². The number of urea groups is 1. The van der Waals surface area contributed by atoms with Crippen LogP contribution in [0.15, 0.2) is 29.2 Å². The third kappa shape index (κ3) is 4.76. The molecule has 2 amide bonds. The van der Waals surface area contributed by atoms with Crippen molar-refractivity contribution in [2.45, 2.75) is 16.6 Å². The van der Waals surface area contributed by atoms with E-state index in [0.717, 1.165) is 4.90 Å². The molecule has 0 aromatic heterocycles. The fourth-order valence-electron chi connectivity index (χ4n) is 3.26. The lowest BCUT2D eigenvalue weighted by Gasteiger charge is -2.35. The van der Waals surface area contributed by atoms with Crippen molar-refractivity contribution in [2.24, 2.45) is 0 Å². The van der Waals surface area contributed by atoms with Crippen LogP contribution in [-0.2, 0) is 19.9 Å². The lowest BCUT2D eigenvalue weighted by atomic mass is 10.3. The smallest absolute Gasteiger partial charge is 0.321 e. The molecule has 2 fully saturated rings. The largest absolute Gasteiger partial charge is 0.322 e. The summed E-state index contributed by atoms with van der Waals surface area (Å²) in [5.74, 6) is -0.379. The van der Waals surface area contributed by atoms with Crippen molar-refractivity contribution in [1.29, 1.82) is 0 Å². The van der Waals surface area contributed by atoms with E-state index in [1.54, 1.807) is 22.7 Å². The third-order valence-electron chi connectivity index (χ3n) is 4.82. The van der Waals surface area contributed by atoms with Gasteiger partial charge in [0.25, 0.3) is 0 Å². The minimum Gasteiger partial charge on any atom is -0.322 e. The van der Waals surface area contributed by atoms with Gasteiger partial charge in [0.05, 0.1) is 16.8 Å². The molecule has 2 aliphatic heterocycles. The molecule has 0 unspecified atom stereocenters. The number of benzene rings is 1. The Kier molecular flexibility index (Phi) is 6.04. The van der Waals surface area contributed by atoms with Crippen LogP contribution in [0.4, 0.5) is 10.5 Å². The van der Waals surface area contributed by atoms with Gasteiger partial charge in [-0.05, 0) is 30.9 Å². The number of hydrogen-bond donors (Lipinski definition) is 1. The maximum absolute atomic E-state index is 12.7. The van der Waals surface area contributed by atoms with Gasteiger partial charge < -0.3 is 10.2 Å². The Labute approximate surface area is 164 Å². The van der Waals surface area contributed by atoms with Crippen LogP contribution in [0.2, 0.25) is 0 Å². The molecule has 11 heteroatoms. The number of nitrogens with zero attached hydrogens (tertiary/aromatic N) is 2. The SMILES string of the molecule is CSc1cccc(NC(=O)N2CCN(S(=O)(=O)[C@@H]3CCS(=O)(=O)C3)CC2)c1. The summed E-state index contributed by atoms with van der Waals surface area (Å²) in [6, 6.07) is 7.23. The van der Waals surface area contributed by atoms with E-state index in [0.29, 0.717) is 5.69 Å². The quantitative estimate of drug-likeness (QED) is 0.713. The van der Waals surface area contributed by atoms with Crippen LogP contribution in [-0.4, -0.2) is 81.3 Å². The normalized spacial score (nSPS) is 23.3. The van der Waals surface area contributed by atoms with Crippen LogP contribution in [0.5, 0.6) is 0 Å². The predicted octanol–water partition coefficient (Wildman–Crippen LogP) is 1.07. The Bertz CT molecular complexity index is 909. The Hall–Kier alpha value is -1.30. The number of hydrogen-bond acceptors (Lipinski definition) is 6. The number of carbonyl (C=O) groups is 1. The number of sulfonamides is 1. The minimum absolute atomic E-state index is 0.0750. The highest BCUT2D eigenvalue weighted by Gasteiger charge is 2.41. The Morgan fingerprint density at radius 1 is 1.22 bits per heavy atom. The maximum Gasteiger partial charge on any atom is 0.321 e. The molecule has 1 aromatic carbocycles. The van der Waals surface area contributed by atoms with Crippen LogP contribution in [0, 0.1) is 0 Å². The summed E-state index contributed by atoms with van der Waals surface area (Å²) in [6.45, 7) is 0.897. The summed E-state index contributed by atoms with van der Waals surface area (Å²) in [5.41, 5.74) is 0.693. The van der Waals surface area contributed by atoms with Crippen LogP contribution in [0.3, 0.4) is 0 Å². The van der Waals surface area contributed by atoms with Gasteiger partial charge in [0.2, 0.25) is 10.0 Å². The number of thioether (sulfide) groups is 1. The Morgan fingerprint density at radius 3 is 2.52 bits per heavy atom. The van der Waals surface area contributed by atoms with Gasteiger partial charge in [-0.15, -0.1) is 11.8 Å². The second-order valence-corrected chi connectivity index (χ2v) is 11.9. The van der Waals surface area contributed by atoms with Gasteiger partial charge in [0.15, 0.2) is 9.84 Å².